The zero-order valence-corrected chi connectivity index (χ0v) is 12.2. The van der Waals surface area contributed by atoms with Crippen molar-refractivity contribution in [1.82, 2.24) is 4.90 Å². The Morgan fingerprint density at radius 1 is 1.21 bits per heavy atom. The third kappa shape index (κ3) is 2.11. The fourth-order valence-electron chi connectivity index (χ4n) is 3.57. The Labute approximate surface area is 115 Å². The third-order valence-corrected chi connectivity index (χ3v) is 7.14. The van der Waals surface area contributed by atoms with Gasteiger partial charge in [0, 0.05) is 12.6 Å². The molecular formula is C15H21NO2S. The Bertz CT molecular complexity index is 539. The van der Waals surface area contributed by atoms with Crippen LogP contribution in [0.3, 0.4) is 0 Å². The van der Waals surface area contributed by atoms with Crippen LogP contribution in [0, 0.1) is 0 Å². The molecule has 19 heavy (non-hydrogen) atoms. The summed E-state index contributed by atoms with van der Waals surface area (Å²) >= 11 is 0. The molecule has 2 aliphatic rings. The van der Waals surface area contributed by atoms with Crippen molar-refractivity contribution in [2.75, 3.05) is 13.1 Å². The van der Waals surface area contributed by atoms with Crippen molar-refractivity contribution in [3.63, 3.8) is 0 Å². The van der Waals surface area contributed by atoms with Crippen LogP contribution in [0.1, 0.15) is 32.6 Å². The molecule has 0 bridgehead atoms. The summed E-state index contributed by atoms with van der Waals surface area (Å²) in [6, 6.07) is 9.38. The van der Waals surface area contributed by atoms with E-state index in [0.29, 0.717) is 17.5 Å². The lowest BCUT2D eigenvalue weighted by molar-refractivity contribution is 0.197. The zero-order valence-electron chi connectivity index (χ0n) is 11.4. The SMILES string of the molecule is C[C@@]1(S(=O)(=O)c2ccccc2)C[C@H]2CCCCN2C1. The molecule has 2 aliphatic heterocycles. The lowest BCUT2D eigenvalue weighted by Crippen LogP contribution is -2.39. The number of fused-ring (bicyclic) bond motifs is 1. The minimum absolute atomic E-state index is 0.470. The molecule has 3 nitrogen and oxygen atoms in total. The summed E-state index contributed by atoms with van der Waals surface area (Å²) in [6.45, 7) is 3.67. The Morgan fingerprint density at radius 3 is 2.63 bits per heavy atom. The first-order valence-corrected chi connectivity index (χ1v) is 8.55. The van der Waals surface area contributed by atoms with E-state index in [1.807, 2.05) is 13.0 Å². The van der Waals surface area contributed by atoms with E-state index in [2.05, 4.69) is 4.90 Å². The van der Waals surface area contributed by atoms with Crippen molar-refractivity contribution in [2.45, 2.75) is 48.3 Å². The van der Waals surface area contributed by atoms with Gasteiger partial charge in [0.15, 0.2) is 9.84 Å². The van der Waals surface area contributed by atoms with Crippen LogP contribution in [-0.4, -0.2) is 37.2 Å². The van der Waals surface area contributed by atoms with Crippen LogP contribution < -0.4 is 0 Å². The maximum atomic E-state index is 12.9. The van der Waals surface area contributed by atoms with E-state index < -0.39 is 14.6 Å². The standard InChI is InChI=1S/C15H21NO2S/c1-15(11-13-7-5-6-10-16(13)12-15)19(17,18)14-8-3-2-4-9-14/h2-4,8-9,13H,5-7,10-12H2,1H3/t13-,15-/m1/s1. The average Bonchev–Trinajstić information content (AvgIpc) is 2.77. The normalized spacial score (nSPS) is 32.2. The van der Waals surface area contributed by atoms with Crippen molar-refractivity contribution in [1.29, 1.82) is 0 Å². The predicted octanol–water partition coefficient (Wildman–Crippen LogP) is 2.48. The number of piperidine rings is 1. The summed E-state index contributed by atoms with van der Waals surface area (Å²) in [5, 5.41) is 0. The molecule has 2 heterocycles. The van der Waals surface area contributed by atoms with E-state index in [1.165, 1.54) is 12.8 Å². The lowest BCUT2D eigenvalue weighted by Gasteiger charge is -2.28. The fourth-order valence-corrected chi connectivity index (χ4v) is 5.40. The first-order chi connectivity index (χ1) is 9.03. The molecule has 1 aromatic carbocycles. The number of rotatable bonds is 2. The average molecular weight is 279 g/mol. The number of hydrogen-bond acceptors (Lipinski definition) is 3. The van der Waals surface area contributed by atoms with Gasteiger partial charge < -0.3 is 0 Å². The van der Waals surface area contributed by atoms with Crippen molar-refractivity contribution in [2.24, 2.45) is 0 Å². The van der Waals surface area contributed by atoms with Crippen LogP contribution in [0.5, 0.6) is 0 Å². The van der Waals surface area contributed by atoms with Gasteiger partial charge in [-0.3, -0.25) is 4.90 Å². The van der Waals surface area contributed by atoms with Crippen molar-refractivity contribution >= 4 is 9.84 Å². The first kappa shape index (κ1) is 13.1. The van der Waals surface area contributed by atoms with Crippen molar-refractivity contribution in [3.8, 4) is 0 Å². The second-order valence-electron chi connectivity index (χ2n) is 6.09. The van der Waals surface area contributed by atoms with Gasteiger partial charge in [-0.1, -0.05) is 24.6 Å². The number of nitrogens with zero attached hydrogens (tertiary/aromatic N) is 1. The second kappa shape index (κ2) is 4.60. The summed E-state index contributed by atoms with van der Waals surface area (Å²) in [4.78, 5) is 2.85. The molecule has 1 aromatic rings. The molecule has 2 saturated heterocycles. The summed E-state index contributed by atoms with van der Waals surface area (Å²) in [7, 11) is -3.24. The van der Waals surface area contributed by atoms with Crippen molar-refractivity contribution in [3.05, 3.63) is 30.3 Å². The smallest absolute Gasteiger partial charge is 0.185 e. The van der Waals surface area contributed by atoms with E-state index in [-0.39, 0.29) is 0 Å². The third-order valence-electron chi connectivity index (χ3n) is 4.66. The van der Waals surface area contributed by atoms with Crippen LogP contribution >= 0.6 is 0 Å². The summed E-state index contributed by atoms with van der Waals surface area (Å²) in [5.41, 5.74) is 0. The molecule has 0 amide bonds. The van der Waals surface area contributed by atoms with E-state index in [9.17, 15) is 8.42 Å². The lowest BCUT2D eigenvalue weighted by atomic mass is 10.0. The van der Waals surface area contributed by atoms with Gasteiger partial charge in [-0.05, 0) is 44.9 Å². The minimum Gasteiger partial charge on any atom is -0.299 e. The molecule has 2 atom stereocenters. The zero-order chi connectivity index (χ0) is 13.5. The van der Waals surface area contributed by atoms with E-state index in [0.717, 1.165) is 19.4 Å². The van der Waals surface area contributed by atoms with Crippen molar-refractivity contribution < 1.29 is 8.42 Å². The Kier molecular flexibility index (Phi) is 3.18. The number of benzene rings is 1. The van der Waals surface area contributed by atoms with Gasteiger partial charge in [0.2, 0.25) is 0 Å². The molecule has 4 heteroatoms. The highest BCUT2D eigenvalue weighted by molar-refractivity contribution is 7.92. The monoisotopic (exact) mass is 279 g/mol. The van der Waals surface area contributed by atoms with E-state index in [4.69, 9.17) is 0 Å². The number of hydrogen-bond donors (Lipinski definition) is 0. The van der Waals surface area contributed by atoms with Crippen LogP contribution in [0.4, 0.5) is 0 Å². The van der Waals surface area contributed by atoms with Crippen LogP contribution in [0.2, 0.25) is 0 Å². The number of sulfone groups is 1. The predicted molar refractivity (Wildman–Crippen MR) is 75.9 cm³/mol. The molecule has 104 valence electrons. The molecule has 0 radical (unpaired) electrons. The van der Waals surface area contributed by atoms with Gasteiger partial charge in [0.05, 0.1) is 9.64 Å². The van der Waals surface area contributed by atoms with Crippen LogP contribution in [-0.2, 0) is 9.84 Å². The topological polar surface area (TPSA) is 37.4 Å². The minimum atomic E-state index is -3.24. The van der Waals surface area contributed by atoms with Crippen LogP contribution in [0.25, 0.3) is 0 Å². The van der Waals surface area contributed by atoms with Crippen LogP contribution in [0.15, 0.2) is 35.2 Å². The molecular weight excluding hydrogens is 258 g/mol. The Morgan fingerprint density at radius 2 is 1.95 bits per heavy atom. The Hall–Kier alpha value is -0.870. The summed E-state index contributed by atoms with van der Waals surface area (Å²) < 4.78 is 25.1. The molecule has 0 aromatic heterocycles. The molecule has 0 saturated carbocycles. The molecule has 0 spiro atoms. The maximum absolute atomic E-state index is 12.9. The highest BCUT2D eigenvalue weighted by Crippen LogP contribution is 2.40. The molecule has 3 rings (SSSR count). The highest BCUT2D eigenvalue weighted by atomic mass is 32.2. The van der Waals surface area contributed by atoms with Gasteiger partial charge in [-0.25, -0.2) is 8.42 Å². The maximum Gasteiger partial charge on any atom is 0.185 e. The van der Waals surface area contributed by atoms with Gasteiger partial charge in [0.25, 0.3) is 0 Å². The molecule has 0 unspecified atom stereocenters. The van der Waals surface area contributed by atoms with Gasteiger partial charge in [-0.2, -0.15) is 0 Å². The van der Waals surface area contributed by atoms with Gasteiger partial charge in [-0.15, -0.1) is 0 Å². The molecule has 0 N–H and O–H groups in total. The fraction of sp³-hybridized carbons (Fsp3) is 0.600. The quantitative estimate of drug-likeness (QED) is 0.834. The first-order valence-electron chi connectivity index (χ1n) is 7.07. The van der Waals surface area contributed by atoms with Gasteiger partial charge >= 0.3 is 0 Å². The Balaban J connectivity index is 1.93. The largest absolute Gasteiger partial charge is 0.299 e. The summed E-state index contributed by atoms with van der Waals surface area (Å²) in [6.07, 6.45) is 4.38. The summed E-state index contributed by atoms with van der Waals surface area (Å²) in [5.74, 6) is 0. The highest BCUT2D eigenvalue weighted by Gasteiger charge is 2.50. The second-order valence-corrected chi connectivity index (χ2v) is 8.55. The van der Waals surface area contributed by atoms with Gasteiger partial charge in [0.1, 0.15) is 0 Å². The van der Waals surface area contributed by atoms with E-state index >= 15 is 0 Å². The van der Waals surface area contributed by atoms with E-state index in [1.54, 1.807) is 24.3 Å². The molecule has 2 fully saturated rings. The molecule has 0 aliphatic carbocycles.